The molecule has 0 spiro atoms. The molecule has 0 saturated heterocycles. The van der Waals surface area contributed by atoms with Crippen LogP contribution in [-0.2, 0) is 25.7 Å². The molecule has 0 N–H and O–H groups in total. The summed E-state index contributed by atoms with van der Waals surface area (Å²) in [5, 5.41) is 26.0. The third-order valence-electron chi connectivity index (χ3n) is 20.9. The van der Waals surface area contributed by atoms with Crippen molar-refractivity contribution in [2.45, 2.75) is 202 Å². The predicted octanol–water partition coefficient (Wildman–Crippen LogP) is 24.7. The van der Waals surface area contributed by atoms with Crippen LogP contribution in [0.15, 0.2) is 109 Å². The van der Waals surface area contributed by atoms with E-state index in [2.05, 4.69) is 57.5 Å². The van der Waals surface area contributed by atoms with Crippen molar-refractivity contribution in [1.29, 1.82) is 0 Å². The van der Waals surface area contributed by atoms with Crippen LogP contribution in [0.3, 0.4) is 0 Å². The molecule has 12 aromatic rings. The number of rotatable bonds is 30. The van der Waals surface area contributed by atoms with Gasteiger partial charge in [0.2, 0.25) is 0 Å². The maximum atomic E-state index is 13.9. The number of hydrogen-bond acceptors (Lipinski definition) is 24. The van der Waals surface area contributed by atoms with Gasteiger partial charge in [-0.15, -0.1) is 30.6 Å². The zero-order chi connectivity index (χ0) is 86.4. The highest BCUT2D eigenvalue weighted by Gasteiger charge is 2.38. The highest BCUT2D eigenvalue weighted by atomic mass is 35.5. The Balaban J connectivity index is 0.000000126. The molecular formula is C86H76Cl5F7N12O6S6. The number of carbonyl (C=O) groups excluding carboxylic acids is 6. The standard InChI is InChI=1S/3C15H14ClFN2OS.C14H10ClFN2O2S.C14H14ClFN2S.C13H10F2N2OS/c2*1-8(13-10(16)3-2-4-11(13)17)7-12(20)15-14(9-5-6-9)18-19-21-15;16-11-4-2-5-12(17)10(11)3-1-6-13(20)15-14(9-7-8-9)18-19-21-15;15-8-2-1-3-9(16)12(8)10(19)6-11(20)14-13(7-4-5-7)17-18-21-14;15-11-4-2-5-12(16)10(11)3-1-6-13-14(9-7-8-9)17-18-19-13;14-9-2-1-3-10(15)8(9)6-11(18)13-12(7-4-5-7)16-17-19-13/h2*2-4,8-9H,5-7H2,1H3;2,4-5,9H,1,3,6-8H2;1-3,7H,4-6H2;2,4-5,9H,1,3,6-8H2;1-3,7H,4-6H2/t8-;;;;;/m0...../s1. The van der Waals surface area contributed by atoms with E-state index in [9.17, 15) is 59.5 Å². The van der Waals surface area contributed by atoms with Crippen molar-refractivity contribution >= 4 is 162 Å². The Hall–Kier alpha value is -8.34. The molecule has 6 heterocycles. The molecule has 0 bridgehead atoms. The van der Waals surface area contributed by atoms with Gasteiger partial charge in [0.25, 0.3) is 0 Å². The van der Waals surface area contributed by atoms with Gasteiger partial charge in [-0.3, -0.25) is 28.8 Å². The number of halogens is 12. The number of benzene rings is 6. The molecule has 0 radical (unpaired) electrons. The first kappa shape index (κ1) is 91.4. The number of Topliss-reactive ketones (excluding diaryl/α,β-unsaturated/α-hetero) is 6. The molecule has 6 aromatic heterocycles. The van der Waals surface area contributed by atoms with Crippen LogP contribution in [0.2, 0.25) is 25.1 Å². The van der Waals surface area contributed by atoms with Gasteiger partial charge in [-0.25, -0.2) is 30.7 Å². The normalized spacial score (nSPS) is 15.0. The highest BCUT2D eigenvalue weighted by Crippen LogP contribution is 2.47. The summed E-state index contributed by atoms with van der Waals surface area (Å²) in [6.45, 7) is 3.63. The summed E-state index contributed by atoms with van der Waals surface area (Å²) in [4.78, 5) is 77.5. The lowest BCUT2D eigenvalue weighted by atomic mass is 9.94. The second-order valence-electron chi connectivity index (χ2n) is 30.4. The number of aromatic nitrogens is 12. The minimum atomic E-state index is -0.717. The van der Waals surface area contributed by atoms with Gasteiger partial charge in [0.05, 0.1) is 51.2 Å². The molecule has 6 aromatic carbocycles. The fraction of sp³-hybridized carbons (Fsp3) is 0.372. The van der Waals surface area contributed by atoms with E-state index in [-0.39, 0.29) is 105 Å². The monoisotopic (exact) mass is 1870 g/mol. The van der Waals surface area contributed by atoms with E-state index in [0.29, 0.717) is 133 Å². The molecule has 6 aliphatic carbocycles. The summed E-state index contributed by atoms with van der Waals surface area (Å²) >= 11 is 36.8. The molecule has 1 unspecified atom stereocenters. The molecule has 0 amide bonds. The van der Waals surface area contributed by atoms with Crippen molar-refractivity contribution in [3.8, 4) is 0 Å². The first-order valence-electron chi connectivity index (χ1n) is 39.5. The first-order chi connectivity index (χ1) is 58.8. The van der Waals surface area contributed by atoms with E-state index in [4.69, 9.17) is 58.0 Å². The minimum Gasteiger partial charge on any atom is -0.294 e. The molecule has 6 aliphatic rings. The lowest BCUT2D eigenvalue weighted by Crippen LogP contribution is -2.11. The SMILES string of the molecule is CC(CC(=O)c1snnc1C1CC1)c1c(F)cccc1Cl.C[C@@H](CC(=O)c1snnc1C1CC1)c1c(F)cccc1Cl.Fc1cccc(Cl)c1CCCc1snnc1C1CC1.O=C(CC(=O)c1c(F)cccc1Cl)c1snnc1C1CC1.O=C(CCCc1c(F)cccc1Cl)c1snnc1C1CC1.O=C(Cc1c(F)cccc1F)c1snnc1C1CC1. The number of carbonyl (C=O) groups is 6. The molecule has 6 saturated carbocycles. The molecular weight excluding hydrogens is 1800 g/mol. The van der Waals surface area contributed by atoms with Crippen molar-refractivity contribution in [3.05, 3.63) is 272 Å². The van der Waals surface area contributed by atoms with Gasteiger partial charge in [-0.1, -0.05) is 135 Å². The summed E-state index contributed by atoms with van der Waals surface area (Å²) in [6.07, 6.45) is 16.5. The summed E-state index contributed by atoms with van der Waals surface area (Å²) in [5.41, 5.74) is 6.49. The molecule has 18 nitrogen and oxygen atoms in total. The molecule has 36 heteroatoms. The second kappa shape index (κ2) is 42.6. The Bertz CT molecular complexity index is 5530. The molecule has 122 heavy (non-hydrogen) atoms. The van der Waals surface area contributed by atoms with E-state index in [1.807, 2.05) is 13.8 Å². The number of nitrogens with zero attached hydrogens (tertiary/aromatic N) is 12. The Morgan fingerprint density at radius 2 is 0.631 bits per heavy atom. The Morgan fingerprint density at radius 1 is 0.328 bits per heavy atom. The fourth-order valence-corrected chi connectivity index (χ4v) is 19.3. The van der Waals surface area contributed by atoms with Crippen LogP contribution in [0, 0.1) is 40.7 Å². The second-order valence-corrected chi connectivity index (χ2v) is 37.1. The number of hydrogen-bond donors (Lipinski definition) is 0. The van der Waals surface area contributed by atoms with Crippen molar-refractivity contribution in [2.75, 3.05) is 0 Å². The van der Waals surface area contributed by atoms with E-state index in [1.165, 1.54) is 88.9 Å². The van der Waals surface area contributed by atoms with Gasteiger partial charge in [-0.05, 0) is 263 Å². The Morgan fingerprint density at radius 3 is 1.01 bits per heavy atom. The molecule has 6 fully saturated rings. The highest BCUT2D eigenvalue weighted by molar-refractivity contribution is 7.09. The third kappa shape index (κ3) is 24.2. The average Bonchev–Trinajstić information content (AvgIpc) is 1.71. The van der Waals surface area contributed by atoms with E-state index in [1.54, 1.807) is 48.5 Å². The maximum Gasteiger partial charge on any atom is 0.184 e. The molecule has 0 aliphatic heterocycles. The van der Waals surface area contributed by atoms with Gasteiger partial charge >= 0.3 is 0 Å². The number of ketones is 6. The van der Waals surface area contributed by atoms with Crippen LogP contribution in [0.4, 0.5) is 30.7 Å². The first-order valence-corrected chi connectivity index (χ1v) is 46.1. The molecule has 2 atom stereocenters. The van der Waals surface area contributed by atoms with Crippen LogP contribution >= 0.6 is 127 Å². The topological polar surface area (TPSA) is 257 Å². The zero-order valence-electron chi connectivity index (χ0n) is 65.4. The van der Waals surface area contributed by atoms with Gasteiger partial charge in [0.1, 0.15) is 65.1 Å². The van der Waals surface area contributed by atoms with Gasteiger partial charge in [0, 0.05) is 114 Å². The molecule has 636 valence electrons. The van der Waals surface area contributed by atoms with E-state index in [0.717, 1.165) is 158 Å². The van der Waals surface area contributed by atoms with Crippen molar-refractivity contribution < 1.29 is 59.5 Å². The van der Waals surface area contributed by atoms with Crippen LogP contribution in [0.25, 0.3) is 0 Å². The summed E-state index contributed by atoms with van der Waals surface area (Å²) in [6, 6.07) is 26.2. The Kier molecular flexibility index (Phi) is 31.9. The lowest BCUT2D eigenvalue weighted by molar-refractivity contribution is 0.0889. The third-order valence-corrected chi connectivity index (χ3v) is 27.3. The van der Waals surface area contributed by atoms with E-state index >= 15 is 0 Å². The van der Waals surface area contributed by atoms with Crippen LogP contribution in [-0.4, -0.2) is 92.2 Å². The Labute approximate surface area is 747 Å². The largest absolute Gasteiger partial charge is 0.294 e. The van der Waals surface area contributed by atoms with Gasteiger partial charge in [0.15, 0.2) is 34.7 Å². The van der Waals surface area contributed by atoms with Gasteiger partial charge < -0.3 is 0 Å². The summed E-state index contributed by atoms with van der Waals surface area (Å²) < 4.78 is 119. The zero-order valence-corrected chi connectivity index (χ0v) is 74.0. The average molecular weight is 1880 g/mol. The number of aryl methyl sites for hydroxylation is 1. The predicted molar refractivity (Wildman–Crippen MR) is 460 cm³/mol. The van der Waals surface area contributed by atoms with Crippen LogP contribution in [0.5, 0.6) is 0 Å². The fourth-order valence-electron chi connectivity index (χ4n) is 13.6. The van der Waals surface area contributed by atoms with Crippen LogP contribution < -0.4 is 0 Å². The lowest BCUT2D eigenvalue weighted by Gasteiger charge is -2.13. The smallest absolute Gasteiger partial charge is 0.184 e. The van der Waals surface area contributed by atoms with Crippen LogP contribution in [0.1, 0.15) is 302 Å². The maximum absolute atomic E-state index is 13.9. The summed E-state index contributed by atoms with van der Waals surface area (Å²) in [5.74, 6) is -2.86. The minimum absolute atomic E-state index is 0.0117. The quantitative estimate of drug-likeness (QED) is 0.0230. The summed E-state index contributed by atoms with van der Waals surface area (Å²) in [7, 11) is 0. The van der Waals surface area contributed by atoms with Crippen molar-refractivity contribution in [2.24, 2.45) is 0 Å². The molecule has 18 rings (SSSR count). The van der Waals surface area contributed by atoms with Crippen molar-refractivity contribution in [3.63, 3.8) is 0 Å². The van der Waals surface area contributed by atoms with Crippen molar-refractivity contribution in [1.82, 2.24) is 57.5 Å². The van der Waals surface area contributed by atoms with Gasteiger partial charge in [-0.2, -0.15) is 0 Å². The van der Waals surface area contributed by atoms with E-state index < -0.39 is 29.7 Å².